The number of nitrogens with zero attached hydrogens (tertiary/aromatic N) is 7. The summed E-state index contributed by atoms with van der Waals surface area (Å²) in [5, 5.41) is 33.3. The molecule has 1 aliphatic rings. The lowest BCUT2D eigenvalue weighted by Gasteiger charge is -2.29. The molecule has 1 atom stereocenters. The molecule has 2 N–H and O–H groups in total. The maximum absolute atomic E-state index is 13.9. The van der Waals surface area contributed by atoms with Crippen molar-refractivity contribution in [1.82, 2.24) is 29.0 Å². The molecule has 3 aromatic heterocycles. The summed E-state index contributed by atoms with van der Waals surface area (Å²) in [6.45, 7) is 3.94. The Morgan fingerprint density at radius 1 is 1.29 bits per heavy atom. The van der Waals surface area contributed by atoms with Gasteiger partial charge in [0, 0.05) is 26.2 Å². The number of halogens is 1. The van der Waals surface area contributed by atoms with Crippen molar-refractivity contribution in [3.63, 3.8) is 0 Å². The standard InChI is InChI=1S/C23H24ClN7O4/c1-13(11-32)22-27-21(28-35-22)18-20-23(34)30(9-8-29-6-4-14(33)5-7-29)19-15(10-25)16(24)2-3-17(19)31(20)12-26-18/h2-3,12-14,32-33H,4-9,11H2,1H3. The predicted octanol–water partition coefficient (Wildman–Crippen LogP) is 1.78. The Kier molecular flexibility index (Phi) is 6.29. The zero-order valence-electron chi connectivity index (χ0n) is 19.1. The van der Waals surface area contributed by atoms with Gasteiger partial charge in [0.25, 0.3) is 5.56 Å². The number of aliphatic hydroxyl groups excluding tert-OH is 2. The molecule has 1 fully saturated rings. The number of aromatic nitrogens is 5. The van der Waals surface area contributed by atoms with Crippen LogP contribution in [0.5, 0.6) is 0 Å². The van der Waals surface area contributed by atoms with Crippen LogP contribution in [-0.4, -0.2) is 71.6 Å². The molecule has 12 heteroatoms. The largest absolute Gasteiger partial charge is 0.396 e. The van der Waals surface area contributed by atoms with Crippen molar-refractivity contribution in [1.29, 1.82) is 5.26 Å². The van der Waals surface area contributed by atoms with Gasteiger partial charge in [-0.1, -0.05) is 23.7 Å². The molecule has 0 radical (unpaired) electrons. The van der Waals surface area contributed by atoms with Crippen LogP contribution in [0.4, 0.5) is 0 Å². The van der Waals surface area contributed by atoms with E-state index >= 15 is 0 Å². The van der Waals surface area contributed by atoms with Gasteiger partial charge in [0.2, 0.25) is 11.7 Å². The first-order valence-corrected chi connectivity index (χ1v) is 11.8. The first-order chi connectivity index (χ1) is 16.9. The highest BCUT2D eigenvalue weighted by Gasteiger charge is 2.24. The average molecular weight is 498 g/mol. The lowest BCUT2D eigenvalue weighted by Crippen LogP contribution is -2.39. The van der Waals surface area contributed by atoms with E-state index in [9.17, 15) is 20.3 Å². The lowest BCUT2D eigenvalue weighted by molar-refractivity contribution is 0.0810. The maximum atomic E-state index is 13.9. The fourth-order valence-corrected chi connectivity index (χ4v) is 4.66. The van der Waals surface area contributed by atoms with Crippen molar-refractivity contribution in [3.05, 3.63) is 45.3 Å². The van der Waals surface area contributed by atoms with E-state index in [2.05, 4.69) is 26.1 Å². The summed E-state index contributed by atoms with van der Waals surface area (Å²) in [5.74, 6) is 0.0342. The molecule has 0 spiro atoms. The van der Waals surface area contributed by atoms with Crippen LogP contribution in [0.3, 0.4) is 0 Å². The van der Waals surface area contributed by atoms with Crippen LogP contribution >= 0.6 is 11.6 Å². The number of benzene rings is 1. The summed E-state index contributed by atoms with van der Waals surface area (Å²) in [6, 6.07) is 5.51. The Morgan fingerprint density at radius 3 is 2.77 bits per heavy atom. The van der Waals surface area contributed by atoms with Gasteiger partial charge in [-0.15, -0.1) is 0 Å². The minimum atomic E-state index is -0.359. The number of likely N-dealkylation sites (tertiary alicyclic amines) is 1. The average Bonchev–Trinajstić information content (AvgIpc) is 3.52. The monoisotopic (exact) mass is 497 g/mol. The van der Waals surface area contributed by atoms with Crippen molar-refractivity contribution < 1.29 is 14.7 Å². The number of imidazole rings is 1. The topological polar surface area (TPSA) is 146 Å². The summed E-state index contributed by atoms with van der Waals surface area (Å²) >= 11 is 6.34. The molecular weight excluding hydrogens is 474 g/mol. The third-order valence-corrected chi connectivity index (χ3v) is 6.82. The fraction of sp³-hybridized carbons (Fsp3) is 0.435. The van der Waals surface area contributed by atoms with Gasteiger partial charge in [-0.2, -0.15) is 10.2 Å². The first kappa shape index (κ1) is 23.4. The Hall–Kier alpha value is -3.30. The van der Waals surface area contributed by atoms with Gasteiger partial charge in [0.15, 0.2) is 0 Å². The first-order valence-electron chi connectivity index (χ1n) is 11.4. The third kappa shape index (κ3) is 4.08. The molecule has 182 valence electrons. The summed E-state index contributed by atoms with van der Waals surface area (Å²) in [4.78, 5) is 24.8. The van der Waals surface area contributed by atoms with Crippen molar-refractivity contribution in [3.8, 4) is 17.6 Å². The fourth-order valence-electron chi connectivity index (χ4n) is 4.47. The highest BCUT2D eigenvalue weighted by molar-refractivity contribution is 6.32. The molecule has 1 aliphatic heterocycles. The SMILES string of the molecule is CC(CO)c1nc(-c2ncn3c2c(=O)n(CCN2CCC(O)CC2)c2c(C#N)c(Cl)ccc23)no1. The van der Waals surface area contributed by atoms with Gasteiger partial charge in [0.1, 0.15) is 23.6 Å². The van der Waals surface area contributed by atoms with Crippen LogP contribution in [-0.2, 0) is 6.54 Å². The van der Waals surface area contributed by atoms with E-state index in [0.29, 0.717) is 37.0 Å². The molecule has 4 heterocycles. The summed E-state index contributed by atoms with van der Waals surface area (Å²) < 4.78 is 8.44. The quantitative estimate of drug-likeness (QED) is 0.407. The van der Waals surface area contributed by atoms with E-state index in [1.54, 1.807) is 28.0 Å². The summed E-state index contributed by atoms with van der Waals surface area (Å²) in [7, 11) is 0. The van der Waals surface area contributed by atoms with E-state index in [-0.39, 0.29) is 57.7 Å². The lowest BCUT2D eigenvalue weighted by atomic mass is 10.1. The molecule has 4 aromatic rings. The number of piperidine rings is 1. The van der Waals surface area contributed by atoms with Crippen LogP contribution in [0.25, 0.3) is 28.1 Å². The van der Waals surface area contributed by atoms with Gasteiger partial charge in [-0.05, 0) is 25.0 Å². The Morgan fingerprint density at radius 2 is 2.06 bits per heavy atom. The molecule has 1 saturated heterocycles. The second-order valence-corrected chi connectivity index (χ2v) is 9.19. The van der Waals surface area contributed by atoms with E-state index in [1.165, 1.54) is 6.33 Å². The van der Waals surface area contributed by atoms with Crippen LogP contribution in [0.2, 0.25) is 5.02 Å². The van der Waals surface area contributed by atoms with Crippen LogP contribution in [0.1, 0.15) is 37.1 Å². The third-order valence-electron chi connectivity index (χ3n) is 6.51. The predicted molar refractivity (Wildman–Crippen MR) is 127 cm³/mol. The highest BCUT2D eigenvalue weighted by atomic mass is 35.5. The molecule has 1 unspecified atom stereocenters. The van der Waals surface area contributed by atoms with Crippen LogP contribution in [0.15, 0.2) is 27.8 Å². The molecular formula is C23H24ClN7O4. The van der Waals surface area contributed by atoms with Crippen molar-refractivity contribution >= 4 is 28.2 Å². The number of fused-ring (bicyclic) bond motifs is 3. The summed E-state index contributed by atoms with van der Waals surface area (Å²) in [6.07, 6.45) is 2.57. The Labute approximate surface area is 204 Å². The Bertz CT molecular complexity index is 1490. The molecule has 0 aliphatic carbocycles. The van der Waals surface area contributed by atoms with Gasteiger partial charge < -0.3 is 24.2 Å². The highest BCUT2D eigenvalue weighted by Crippen LogP contribution is 2.28. The van der Waals surface area contributed by atoms with E-state index in [0.717, 1.165) is 13.1 Å². The molecule has 1 aromatic carbocycles. The Balaban J connectivity index is 1.68. The van der Waals surface area contributed by atoms with Crippen LogP contribution in [0, 0.1) is 11.3 Å². The zero-order chi connectivity index (χ0) is 24.7. The molecule has 0 amide bonds. The molecule has 0 bridgehead atoms. The van der Waals surface area contributed by atoms with E-state index in [4.69, 9.17) is 16.1 Å². The second-order valence-electron chi connectivity index (χ2n) is 8.78. The minimum Gasteiger partial charge on any atom is -0.396 e. The van der Waals surface area contributed by atoms with Gasteiger partial charge >= 0.3 is 0 Å². The number of aliphatic hydroxyl groups is 2. The van der Waals surface area contributed by atoms with Crippen LogP contribution < -0.4 is 5.56 Å². The molecule has 5 rings (SSSR count). The van der Waals surface area contributed by atoms with E-state index < -0.39 is 0 Å². The molecule has 0 saturated carbocycles. The normalized spacial score (nSPS) is 16.2. The van der Waals surface area contributed by atoms with Crippen molar-refractivity contribution in [2.75, 3.05) is 26.2 Å². The minimum absolute atomic E-state index is 0.144. The molecule has 11 nitrogen and oxygen atoms in total. The van der Waals surface area contributed by atoms with E-state index in [1.807, 2.05) is 0 Å². The smallest absolute Gasteiger partial charge is 0.277 e. The number of rotatable bonds is 6. The van der Waals surface area contributed by atoms with Gasteiger partial charge in [-0.25, -0.2) is 4.98 Å². The zero-order valence-corrected chi connectivity index (χ0v) is 19.8. The second kappa shape index (κ2) is 9.39. The van der Waals surface area contributed by atoms with Gasteiger partial charge in [0.05, 0.1) is 40.2 Å². The van der Waals surface area contributed by atoms with Crippen molar-refractivity contribution in [2.45, 2.75) is 38.3 Å². The number of hydrogen-bond donors (Lipinski definition) is 2. The van der Waals surface area contributed by atoms with Crippen molar-refractivity contribution in [2.24, 2.45) is 0 Å². The summed E-state index contributed by atoms with van der Waals surface area (Å²) in [5.41, 5.74) is 1.39. The number of nitriles is 1. The molecule has 35 heavy (non-hydrogen) atoms. The maximum Gasteiger partial charge on any atom is 0.277 e. The van der Waals surface area contributed by atoms with Gasteiger partial charge in [-0.3, -0.25) is 9.20 Å². The number of hydrogen-bond acceptors (Lipinski definition) is 9.